The molecule has 0 amide bonds. The van der Waals surface area contributed by atoms with Crippen molar-refractivity contribution in [3.8, 4) is 23.0 Å². The van der Waals surface area contributed by atoms with E-state index in [0.29, 0.717) is 23.1 Å². The second kappa shape index (κ2) is 4.61. The minimum atomic E-state index is 0.509. The molecule has 0 aliphatic carbocycles. The molecule has 0 aliphatic rings. The molecule has 3 aromatic rings. The van der Waals surface area contributed by atoms with Gasteiger partial charge in [0.2, 0.25) is 11.6 Å². The van der Waals surface area contributed by atoms with Gasteiger partial charge in [-0.1, -0.05) is 0 Å². The monoisotopic (exact) mass is 256 g/mol. The summed E-state index contributed by atoms with van der Waals surface area (Å²) < 4.78 is 16.1. The smallest absolute Gasteiger partial charge is 0.247 e. The van der Waals surface area contributed by atoms with Crippen LogP contribution in [0.25, 0.3) is 22.7 Å². The fourth-order valence-electron chi connectivity index (χ4n) is 1.86. The van der Waals surface area contributed by atoms with Gasteiger partial charge in [-0.05, 0) is 30.3 Å². The van der Waals surface area contributed by atoms with Gasteiger partial charge in [0.1, 0.15) is 5.52 Å². The zero-order valence-corrected chi connectivity index (χ0v) is 10.6. The molecular formula is C14H12N2O3. The van der Waals surface area contributed by atoms with Gasteiger partial charge in [0.25, 0.3) is 0 Å². The van der Waals surface area contributed by atoms with Crippen molar-refractivity contribution in [2.45, 2.75) is 0 Å². The van der Waals surface area contributed by atoms with Gasteiger partial charge in [0, 0.05) is 11.8 Å². The Morgan fingerprint density at radius 3 is 2.63 bits per heavy atom. The number of nitrogens with zero attached hydrogens (tertiary/aromatic N) is 2. The Labute approximate surface area is 109 Å². The summed E-state index contributed by atoms with van der Waals surface area (Å²) in [6, 6.07) is 9.19. The van der Waals surface area contributed by atoms with Crippen molar-refractivity contribution in [3.05, 3.63) is 36.5 Å². The average molecular weight is 256 g/mol. The van der Waals surface area contributed by atoms with E-state index in [1.54, 1.807) is 20.4 Å². The quantitative estimate of drug-likeness (QED) is 0.721. The van der Waals surface area contributed by atoms with Crippen LogP contribution in [-0.4, -0.2) is 24.2 Å². The first-order valence-electron chi connectivity index (χ1n) is 5.76. The van der Waals surface area contributed by atoms with Crippen LogP contribution in [0.5, 0.6) is 11.5 Å². The summed E-state index contributed by atoms with van der Waals surface area (Å²) in [5.74, 6) is 1.81. The van der Waals surface area contributed by atoms with E-state index in [4.69, 9.17) is 13.9 Å². The molecule has 2 aromatic heterocycles. The highest BCUT2D eigenvalue weighted by Gasteiger charge is 2.11. The van der Waals surface area contributed by atoms with Crippen molar-refractivity contribution in [1.29, 1.82) is 0 Å². The highest BCUT2D eigenvalue weighted by atomic mass is 16.5. The number of aromatic nitrogens is 2. The third-order valence-electron chi connectivity index (χ3n) is 2.80. The molecule has 5 nitrogen and oxygen atoms in total. The van der Waals surface area contributed by atoms with Crippen LogP contribution in [0.3, 0.4) is 0 Å². The number of hydrogen-bond acceptors (Lipinski definition) is 5. The number of benzene rings is 1. The summed E-state index contributed by atoms with van der Waals surface area (Å²) in [7, 11) is 3.19. The maximum atomic E-state index is 5.61. The van der Waals surface area contributed by atoms with Gasteiger partial charge in [-0.15, -0.1) is 0 Å². The molecule has 0 saturated carbocycles. The normalized spacial score (nSPS) is 10.6. The Bertz CT molecular complexity index is 689. The predicted octanol–water partition coefficient (Wildman–Crippen LogP) is 2.91. The summed E-state index contributed by atoms with van der Waals surface area (Å²) in [5, 5.41) is 0. The van der Waals surface area contributed by atoms with Crippen LogP contribution >= 0.6 is 0 Å². The lowest BCUT2D eigenvalue weighted by Crippen LogP contribution is -1.90. The Hall–Kier alpha value is -2.56. The third kappa shape index (κ3) is 1.99. The second-order valence-electron chi connectivity index (χ2n) is 3.92. The number of pyridine rings is 1. The number of ether oxygens (including phenoxy) is 2. The molecule has 0 spiro atoms. The second-order valence-corrected chi connectivity index (χ2v) is 3.92. The molecule has 0 bridgehead atoms. The van der Waals surface area contributed by atoms with E-state index in [1.165, 1.54) is 0 Å². The molecule has 0 aliphatic heterocycles. The summed E-state index contributed by atoms with van der Waals surface area (Å²) in [6.45, 7) is 0. The molecule has 0 radical (unpaired) electrons. The molecule has 3 rings (SSSR count). The van der Waals surface area contributed by atoms with Crippen LogP contribution in [0.1, 0.15) is 0 Å². The summed E-state index contributed by atoms with van der Waals surface area (Å²) in [4.78, 5) is 8.51. The van der Waals surface area contributed by atoms with Gasteiger partial charge >= 0.3 is 0 Å². The van der Waals surface area contributed by atoms with E-state index in [2.05, 4.69) is 9.97 Å². The fourth-order valence-corrected chi connectivity index (χ4v) is 1.86. The largest absolute Gasteiger partial charge is 0.493 e. The van der Waals surface area contributed by atoms with Crippen LogP contribution in [0.15, 0.2) is 40.9 Å². The van der Waals surface area contributed by atoms with Gasteiger partial charge in [-0.2, -0.15) is 0 Å². The van der Waals surface area contributed by atoms with E-state index >= 15 is 0 Å². The molecule has 0 N–H and O–H groups in total. The van der Waals surface area contributed by atoms with Crippen LogP contribution in [0, 0.1) is 0 Å². The number of methoxy groups -OCH3 is 2. The lowest BCUT2D eigenvalue weighted by molar-refractivity contribution is 0.355. The third-order valence-corrected chi connectivity index (χ3v) is 2.80. The molecule has 0 saturated heterocycles. The molecule has 0 unspecified atom stereocenters. The average Bonchev–Trinajstić information content (AvgIpc) is 2.90. The Kier molecular flexibility index (Phi) is 2.79. The zero-order valence-electron chi connectivity index (χ0n) is 10.6. The molecule has 0 atom stereocenters. The van der Waals surface area contributed by atoms with Gasteiger partial charge in [0.05, 0.1) is 14.2 Å². The van der Waals surface area contributed by atoms with E-state index in [9.17, 15) is 0 Å². The summed E-state index contributed by atoms with van der Waals surface area (Å²) >= 11 is 0. The van der Waals surface area contributed by atoms with Gasteiger partial charge in [0.15, 0.2) is 11.5 Å². The van der Waals surface area contributed by atoms with Gasteiger partial charge < -0.3 is 13.9 Å². The SMILES string of the molecule is COc1ccc(-c2nc3cccnc3o2)cc1OC. The zero-order chi connectivity index (χ0) is 13.2. The minimum absolute atomic E-state index is 0.509. The van der Waals surface area contributed by atoms with Gasteiger partial charge in [-0.25, -0.2) is 9.97 Å². The first-order valence-corrected chi connectivity index (χ1v) is 5.76. The molecule has 1 aromatic carbocycles. The predicted molar refractivity (Wildman–Crippen MR) is 70.3 cm³/mol. The number of hydrogen-bond donors (Lipinski definition) is 0. The van der Waals surface area contributed by atoms with Gasteiger partial charge in [-0.3, -0.25) is 0 Å². The maximum absolute atomic E-state index is 5.61. The van der Waals surface area contributed by atoms with Crippen LogP contribution in [0.4, 0.5) is 0 Å². The van der Waals surface area contributed by atoms with E-state index in [1.807, 2.05) is 30.3 Å². The van der Waals surface area contributed by atoms with Crippen molar-refractivity contribution in [2.75, 3.05) is 14.2 Å². The standard InChI is InChI=1S/C14H12N2O3/c1-17-11-6-5-9(8-12(11)18-2)13-16-10-4-3-7-15-14(10)19-13/h3-8H,1-2H3. The summed E-state index contributed by atoms with van der Waals surface area (Å²) in [5.41, 5.74) is 2.07. The van der Waals surface area contributed by atoms with E-state index in [-0.39, 0.29) is 0 Å². The minimum Gasteiger partial charge on any atom is -0.493 e. The molecule has 0 fully saturated rings. The molecule has 19 heavy (non-hydrogen) atoms. The van der Waals surface area contributed by atoms with E-state index in [0.717, 1.165) is 11.1 Å². The maximum Gasteiger partial charge on any atom is 0.247 e. The lowest BCUT2D eigenvalue weighted by Gasteiger charge is -2.07. The number of oxazole rings is 1. The number of rotatable bonds is 3. The van der Waals surface area contributed by atoms with Crippen molar-refractivity contribution in [2.24, 2.45) is 0 Å². The number of fused-ring (bicyclic) bond motifs is 1. The molecule has 5 heteroatoms. The highest BCUT2D eigenvalue weighted by molar-refractivity contribution is 5.73. The molecular weight excluding hydrogens is 244 g/mol. The van der Waals surface area contributed by atoms with Crippen molar-refractivity contribution in [3.63, 3.8) is 0 Å². The van der Waals surface area contributed by atoms with Crippen LogP contribution in [0.2, 0.25) is 0 Å². The first kappa shape index (κ1) is 11.5. The van der Waals surface area contributed by atoms with E-state index < -0.39 is 0 Å². The Morgan fingerprint density at radius 2 is 1.89 bits per heavy atom. The lowest BCUT2D eigenvalue weighted by atomic mass is 10.2. The summed E-state index contributed by atoms with van der Waals surface area (Å²) in [6.07, 6.45) is 1.67. The molecule has 2 heterocycles. The topological polar surface area (TPSA) is 57.4 Å². The molecule has 96 valence electrons. The Morgan fingerprint density at radius 1 is 1.05 bits per heavy atom. The van der Waals surface area contributed by atoms with Crippen molar-refractivity contribution < 1.29 is 13.9 Å². The fraction of sp³-hybridized carbons (Fsp3) is 0.143. The highest BCUT2D eigenvalue weighted by Crippen LogP contribution is 2.32. The van der Waals surface area contributed by atoms with Crippen molar-refractivity contribution >= 4 is 11.2 Å². The first-order chi connectivity index (χ1) is 9.31. The van der Waals surface area contributed by atoms with Crippen LogP contribution < -0.4 is 9.47 Å². The van der Waals surface area contributed by atoms with Crippen molar-refractivity contribution in [1.82, 2.24) is 9.97 Å². The Balaban J connectivity index is 2.10. The van der Waals surface area contributed by atoms with Crippen LogP contribution in [-0.2, 0) is 0 Å².